The van der Waals surface area contributed by atoms with E-state index in [4.69, 9.17) is 4.74 Å². The lowest BCUT2D eigenvalue weighted by Crippen LogP contribution is -2.23. The van der Waals surface area contributed by atoms with Gasteiger partial charge in [0, 0.05) is 19.4 Å². The van der Waals surface area contributed by atoms with E-state index in [-0.39, 0.29) is 12.4 Å². The first-order chi connectivity index (χ1) is 13.0. The number of aromatic nitrogens is 3. The third-order valence-electron chi connectivity index (χ3n) is 4.29. The molecule has 0 unspecified atom stereocenters. The van der Waals surface area contributed by atoms with Crippen LogP contribution in [0.1, 0.15) is 35.9 Å². The molecule has 8 heteroatoms. The lowest BCUT2D eigenvalue weighted by Gasteiger charge is -2.05. The van der Waals surface area contributed by atoms with Crippen molar-refractivity contribution in [2.45, 2.75) is 32.7 Å². The Kier molecular flexibility index (Phi) is 5.85. The minimum Gasteiger partial charge on any atom is -0.468 e. The number of esters is 1. The predicted molar refractivity (Wildman–Crippen MR) is 104 cm³/mol. The second-order valence-corrected chi connectivity index (χ2v) is 7.24. The molecule has 0 spiro atoms. The van der Waals surface area contributed by atoms with Crippen LogP contribution in [0, 0.1) is 0 Å². The molecule has 27 heavy (non-hydrogen) atoms. The molecule has 0 N–H and O–H groups in total. The summed E-state index contributed by atoms with van der Waals surface area (Å²) in [5, 5.41) is 0. The number of rotatable bonds is 6. The zero-order chi connectivity index (χ0) is 19.4. The number of ether oxygens (including phenoxy) is 1. The Morgan fingerprint density at radius 2 is 2.15 bits per heavy atom. The number of methoxy groups -OCH3 is 1. The minimum absolute atomic E-state index is 0.00249. The molecule has 0 aliphatic carbocycles. The Labute approximate surface area is 160 Å². The van der Waals surface area contributed by atoms with Gasteiger partial charge in [-0.3, -0.25) is 9.59 Å². The number of amides is 1. The number of aryl methyl sites for hydroxylation is 2. The molecule has 2 heterocycles. The molecule has 0 aliphatic rings. The molecule has 0 bridgehead atoms. The van der Waals surface area contributed by atoms with Gasteiger partial charge in [0.1, 0.15) is 6.54 Å². The van der Waals surface area contributed by atoms with Gasteiger partial charge in [0.2, 0.25) is 5.82 Å². The fraction of sp³-hybridized carbons (Fsp3) is 0.368. The first-order valence-electron chi connectivity index (χ1n) is 8.79. The van der Waals surface area contributed by atoms with Crippen molar-refractivity contribution in [3.8, 4) is 0 Å². The molecule has 0 saturated heterocycles. The maximum absolute atomic E-state index is 12.5. The van der Waals surface area contributed by atoms with Crippen LogP contribution in [-0.4, -0.2) is 33.1 Å². The molecule has 7 nitrogen and oxygen atoms in total. The summed E-state index contributed by atoms with van der Waals surface area (Å²) in [7, 11) is 3.08. The molecule has 142 valence electrons. The third kappa shape index (κ3) is 4.16. The normalized spacial score (nSPS) is 11.9. The number of fused-ring (bicyclic) bond motifs is 1. The predicted octanol–water partition coefficient (Wildman–Crippen LogP) is 2.69. The van der Waals surface area contributed by atoms with Crippen LogP contribution >= 0.6 is 11.3 Å². The molecule has 0 saturated carbocycles. The van der Waals surface area contributed by atoms with Gasteiger partial charge < -0.3 is 13.9 Å². The van der Waals surface area contributed by atoms with Crippen LogP contribution < -0.4 is 4.80 Å². The summed E-state index contributed by atoms with van der Waals surface area (Å²) in [6, 6.07) is 6.14. The van der Waals surface area contributed by atoms with Crippen molar-refractivity contribution in [1.82, 2.24) is 14.1 Å². The van der Waals surface area contributed by atoms with E-state index in [2.05, 4.69) is 29.0 Å². The number of hydrogen-bond donors (Lipinski definition) is 0. The highest BCUT2D eigenvalue weighted by molar-refractivity contribution is 7.16. The molecule has 2 aromatic heterocycles. The van der Waals surface area contributed by atoms with E-state index < -0.39 is 11.9 Å². The second kappa shape index (κ2) is 8.30. The van der Waals surface area contributed by atoms with Gasteiger partial charge in [-0.15, -0.1) is 0 Å². The lowest BCUT2D eigenvalue weighted by atomic mass is 10.1. The van der Waals surface area contributed by atoms with Crippen LogP contribution in [0.25, 0.3) is 10.2 Å². The fourth-order valence-corrected chi connectivity index (χ4v) is 3.89. The summed E-state index contributed by atoms with van der Waals surface area (Å²) in [6.45, 7) is 2.16. The Morgan fingerprint density at radius 1 is 1.33 bits per heavy atom. The van der Waals surface area contributed by atoms with Crippen molar-refractivity contribution in [2.24, 2.45) is 12.0 Å². The van der Waals surface area contributed by atoms with Crippen LogP contribution in [0.4, 0.5) is 0 Å². The van der Waals surface area contributed by atoms with Crippen molar-refractivity contribution in [3.05, 3.63) is 46.8 Å². The van der Waals surface area contributed by atoms with Crippen molar-refractivity contribution in [2.75, 3.05) is 7.11 Å². The maximum Gasteiger partial charge on any atom is 0.325 e. The minimum atomic E-state index is -0.445. The number of nitrogens with zero attached hydrogens (tertiary/aromatic N) is 4. The number of benzene rings is 1. The summed E-state index contributed by atoms with van der Waals surface area (Å²) < 4.78 is 9.12. The van der Waals surface area contributed by atoms with Gasteiger partial charge >= 0.3 is 11.9 Å². The summed E-state index contributed by atoms with van der Waals surface area (Å²) in [6.07, 6.45) is 6.49. The quantitative estimate of drug-likeness (QED) is 0.610. The average molecular weight is 386 g/mol. The molecule has 0 radical (unpaired) electrons. The van der Waals surface area contributed by atoms with Gasteiger partial charge in [-0.1, -0.05) is 30.7 Å². The molecule has 0 aliphatic heterocycles. The molecular weight excluding hydrogens is 364 g/mol. The topological polar surface area (TPSA) is 78.5 Å². The Morgan fingerprint density at radius 3 is 2.81 bits per heavy atom. The zero-order valence-corrected chi connectivity index (χ0v) is 16.5. The fourth-order valence-electron chi connectivity index (χ4n) is 2.79. The highest BCUT2D eigenvalue weighted by Gasteiger charge is 2.14. The Balaban J connectivity index is 2.09. The molecule has 0 atom stereocenters. The number of carbonyl (C=O) groups is 2. The highest BCUT2D eigenvalue weighted by atomic mass is 32.1. The third-order valence-corrected chi connectivity index (χ3v) is 5.33. The smallest absolute Gasteiger partial charge is 0.325 e. The zero-order valence-electron chi connectivity index (χ0n) is 15.6. The molecule has 1 amide bonds. The Hall–Kier alpha value is -2.74. The summed E-state index contributed by atoms with van der Waals surface area (Å²) >= 11 is 1.39. The second-order valence-electron chi connectivity index (χ2n) is 6.23. The van der Waals surface area contributed by atoms with E-state index >= 15 is 0 Å². The monoisotopic (exact) mass is 386 g/mol. The van der Waals surface area contributed by atoms with Gasteiger partial charge in [0.05, 0.1) is 17.3 Å². The van der Waals surface area contributed by atoms with Gasteiger partial charge in [-0.2, -0.15) is 4.99 Å². The number of hydrogen-bond acceptors (Lipinski definition) is 5. The average Bonchev–Trinajstić information content (AvgIpc) is 3.23. The van der Waals surface area contributed by atoms with Gasteiger partial charge in [-0.25, -0.2) is 4.98 Å². The SMILES string of the molecule is CCCCc1ccc2c(c1)sc(=NC(=O)c1nccn1C)n2CC(=O)OC. The highest BCUT2D eigenvalue weighted by Crippen LogP contribution is 2.20. The maximum atomic E-state index is 12.5. The molecule has 0 fully saturated rings. The Bertz CT molecular complexity index is 1040. The summed E-state index contributed by atoms with van der Waals surface area (Å²) in [5.74, 6) is -0.588. The van der Waals surface area contributed by atoms with E-state index in [9.17, 15) is 9.59 Å². The van der Waals surface area contributed by atoms with Crippen molar-refractivity contribution < 1.29 is 14.3 Å². The lowest BCUT2D eigenvalue weighted by molar-refractivity contribution is -0.141. The molecule has 3 rings (SSSR count). The number of unbranched alkanes of at least 4 members (excludes halogenated alkanes) is 1. The van der Waals surface area contributed by atoms with Gasteiger partial charge in [0.15, 0.2) is 4.80 Å². The largest absolute Gasteiger partial charge is 0.468 e. The first-order valence-corrected chi connectivity index (χ1v) is 9.60. The van der Waals surface area contributed by atoms with Crippen LogP contribution in [0.5, 0.6) is 0 Å². The van der Waals surface area contributed by atoms with Gasteiger partial charge in [0.25, 0.3) is 0 Å². The van der Waals surface area contributed by atoms with Crippen LogP contribution in [0.3, 0.4) is 0 Å². The van der Waals surface area contributed by atoms with E-state index in [1.165, 1.54) is 24.0 Å². The van der Waals surface area contributed by atoms with Gasteiger partial charge in [-0.05, 0) is 30.5 Å². The van der Waals surface area contributed by atoms with Crippen molar-refractivity contribution in [3.63, 3.8) is 0 Å². The molecule has 3 aromatic rings. The van der Waals surface area contributed by atoms with E-state index in [1.54, 1.807) is 28.6 Å². The van der Waals surface area contributed by atoms with E-state index in [0.29, 0.717) is 4.80 Å². The molecule has 1 aromatic carbocycles. The summed E-state index contributed by atoms with van der Waals surface area (Å²) in [4.78, 5) is 33.1. The standard InChI is InChI=1S/C19H22N4O3S/c1-4-5-6-13-7-8-14-15(11-13)27-19(23(14)12-16(24)26-3)21-18(25)17-20-9-10-22(17)2/h7-11H,4-6,12H2,1-3H3. The number of thiazole rings is 1. The number of carbonyl (C=O) groups excluding carboxylic acids is 2. The van der Waals surface area contributed by atoms with E-state index in [1.807, 2.05) is 6.07 Å². The molecular formula is C19H22N4O3S. The van der Waals surface area contributed by atoms with Crippen molar-refractivity contribution >= 4 is 33.4 Å². The first kappa shape index (κ1) is 19.0. The van der Waals surface area contributed by atoms with Crippen molar-refractivity contribution in [1.29, 1.82) is 0 Å². The summed E-state index contributed by atoms with van der Waals surface area (Å²) in [5.41, 5.74) is 2.09. The van der Waals surface area contributed by atoms with Crippen LogP contribution in [0.15, 0.2) is 35.6 Å². The van der Waals surface area contributed by atoms with Crippen LogP contribution in [-0.2, 0) is 29.5 Å². The van der Waals surface area contributed by atoms with Crippen LogP contribution in [0.2, 0.25) is 0 Å². The number of imidazole rings is 1. The van der Waals surface area contributed by atoms with E-state index in [0.717, 1.165) is 29.5 Å².